The number of hydrogen-bond donors (Lipinski definition) is 0. The standard InChI is InChI=1S/C17H15N3O6/c1-9-8-14(10(2)24-9)17(21)25-11(3)15-18-19-16(26-15)12-4-6-13(7-5-12)20(22)23/h4-8,11H,1-3H3/t11-/m0/s1. The Labute approximate surface area is 147 Å². The van der Waals surface area contributed by atoms with E-state index in [0.29, 0.717) is 22.6 Å². The van der Waals surface area contributed by atoms with Crippen molar-refractivity contribution in [3.63, 3.8) is 0 Å². The normalized spacial score (nSPS) is 12.0. The van der Waals surface area contributed by atoms with Crippen LogP contribution in [0.1, 0.15) is 40.8 Å². The van der Waals surface area contributed by atoms with Gasteiger partial charge in [0.1, 0.15) is 17.1 Å². The Kier molecular flexibility index (Phi) is 4.53. The molecule has 3 aromatic rings. The van der Waals surface area contributed by atoms with E-state index in [1.165, 1.54) is 24.3 Å². The molecule has 0 aliphatic carbocycles. The number of furan rings is 1. The summed E-state index contributed by atoms with van der Waals surface area (Å²) in [5, 5.41) is 18.4. The number of nitro groups is 1. The van der Waals surface area contributed by atoms with Crippen LogP contribution in [0, 0.1) is 24.0 Å². The quantitative estimate of drug-likeness (QED) is 0.384. The molecule has 0 aliphatic heterocycles. The summed E-state index contributed by atoms with van der Waals surface area (Å²) >= 11 is 0. The van der Waals surface area contributed by atoms with Crippen LogP contribution in [0.4, 0.5) is 5.69 Å². The molecule has 134 valence electrons. The maximum Gasteiger partial charge on any atom is 0.342 e. The molecule has 1 atom stereocenters. The SMILES string of the molecule is Cc1cc(C(=O)O[C@@H](C)c2nnc(-c3ccc([N+](=O)[O-])cc3)o2)c(C)o1. The molecule has 9 nitrogen and oxygen atoms in total. The van der Waals surface area contributed by atoms with E-state index in [-0.39, 0.29) is 17.5 Å². The molecule has 0 saturated carbocycles. The molecule has 0 saturated heterocycles. The van der Waals surface area contributed by atoms with Gasteiger partial charge in [-0.1, -0.05) is 0 Å². The molecule has 0 aliphatic rings. The summed E-state index contributed by atoms with van der Waals surface area (Å²) in [7, 11) is 0. The second kappa shape index (κ2) is 6.79. The fourth-order valence-electron chi connectivity index (χ4n) is 2.35. The van der Waals surface area contributed by atoms with Crippen molar-refractivity contribution in [1.29, 1.82) is 0 Å². The maximum absolute atomic E-state index is 12.2. The van der Waals surface area contributed by atoms with Crippen LogP contribution >= 0.6 is 0 Å². The van der Waals surface area contributed by atoms with Crippen LogP contribution in [0.2, 0.25) is 0 Å². The summed E-state index contributed by atoms with van der Waals surface area (Å²) in [6.07, 6.45) is -0.767. The second-order valence-corrected chi connectivity index (χ2v) is 5.62. The highest BCUT2D eigenvalue weighted by molar-refractivity contribution is 5.90. The first-order chi connectivity index (χ1) is 12.3. The van der Waals surface area contributed by atoms with Crippen LogP contribution < -0.4 is 0 Å². The number of nitro benzene ring substituents is 1. The number of aromatic nitrogens is 2. The van der Waals surface area contributed by atoms with Gasteiger partial charge < -0.3 is 13.6 Å². The Balaban J connectivity index is 1.73. The lowest BCUT2D eigenvalue weighted by atomic mass is 10.2. The molecule has 0 amide bonds. The summed E-state index contributed by atoms with van der Waals surface area (Å²) in [4.78, 5) is 22.4. The van der Waals surface area contributed by atoms with Gasteiger partial charge in [-0.15, -0.1) is 10.2 Å². The maximum atomic E-state index is 12.2. The number of hydrogen-bond acceptors (Lipinski definition) is 8. The number of ether oxygens (including phenoxy) is 1. The largest absolute Gasteiger partial charge is 0.466 e. The van der Waals surface area contributed by atoms with Crippen molar-refractivity contribution in [2.24, 2.45) is 0 Å². The van der Waals surface area contributed by atoms with Crippen LogP contribution in [0.25, 0.3) is 11.5 Å². The smallest absolute Gasteiger partial charge is 0.342 e. The molecule has 0 spiro atoms. The van der Waals surface area contributed by atoms with Crippen LogP contribution in [0.3, 0.4) is 0 Å². The first-order valence-electron chi connectivity index (χ1n) is 7.71. The Bertz CT molecular complexity index is 957. The van der Waals surface area contributed by atoms with Crippen LogP contribution in [0.5, 0.6) is 0 Å². The predicted molar refractivity (Wildman–Crippen MR) is 88.4 cm³/mol. The fourth-order valence-corrected chi connectivity index (χ4v) is 2.35. The zero-order valence-electron chi connectivity index (χ0n) is 14.3. The van der Waals surface area contributed by atoms with E-state index in [9.17, 15) is 14.9 Å². The van der Waals surface area contributed by atoms with E-state index in [0.717, 1.165) is 0 Å². The monoisotopic (exact) mass is 357 g/mol. The van der Waals surface area contributed by atoms with E-state index in [2.05, 4.69) is 10.2 Å². The minimum absolute atomic E-state index is 0.0402. The lowest BCUT2D eigenvalue weighted by Gasteiger charge is -2.08. The molecular weight excluding hydrogens is 342 g/mol. The lowest BCUT2D eigenvalue weighted by molar-refractivity contribution is -0.384. The van der Waals surface area contributed by atoms with Gasteiger partial charge in [-0.3, -0.25) is 10.1 Å². The van der Waals surface area contributed by atoms with Crippen molar-refractivity contribution in [3.05, 3.63) is 63.4 Å². The van der Waals surface area contributed by atoms with Gasteiger partial charge in [0.05, 0.1) is 4.92 Å². The van der Waals surface area contributed by atoms with E-state index in [1.54, 1.807) is 26.8 Å². The number of nitrogens with zero attached hydrogens (tertiary/aromatic N) is 3. The van der Waals surface area contributed by atoms with Crippen molar-refractivity contribution in [2.75, 3.05) is 0 Å². The number of benzene rings is 1. The number of rotatable bonds is 5. The molecule has 9 heteroatoms. The molecular formula is C17H15N3O6. The third-order valence-electron chi connectivity index (χ3n) is 3.66. The molecule has 0 N–H and O–H groups in total. The first-order valence-corrected chi connectivity index (χ1v) is 7.71. The van der Waals surface area contributed by atoms with Gasteiger partial charge >= 0.3 is 5.97 Å². The number of aryl methyl sites for hydroxylation is 2. The van der Waals surface area contributed by atoms with E-state index in [4.69, 9.17) is 13.6 Å². The predicted octanol–water partition coefficient (Wildman–Crippen LogP) is 3.77. The number of carbonyl (C=O) groups is 1. The number of carbonyl (C=O) groups excluding carboxylic acids is 1. The summed E-state index contributed by atoms with van der Waals surface area (Å²) in [5.74, 6) is 0.816. The van der Waals surface area contributed by atoms with Crippen molar-refractivity contribution >= 4 is 11.7 Å². The van der Waals surface area contributed by atoms with Gasteiger partial charge in [0.2, 0.25) is 5.89 Å². The highest BCUT2D eigenvalue weighted by Gasteiger charge is 2.22. The molecule has 26 heavy (non-hydrogen) atoms. The molecule has 0 radical (unpaired) electrons. The summed E-state index contributed by atoms with van der Waals surface area (Å²) in [5.41, 5.74) is 0.820. The number of non-ortho nitro benzene ring substituents is 1. The zero-order valence-corrected chi connectivity index (χ0v) is 14.3. The third-order valence-corrected chi connectivity index (χ3v) is 3.66. The van der Waals surface area contributed by atoms with Gasteiger partial charge in [-0.05, 0) is 39.0 Å². The van der Waals surface area contributed by atoms with Gasteiger partial charge in [-0.2, -0.15) is 0 Å². The molecule has 0 fully saturated rings. The fraction of sp³-hybridized carbons (Fsp3) is 0.235. The minimum atomic E-state index is -0.767. The van der Waals surface area contributed by atoms with E-state index < -0.39 is 17.0 Å². The molecule has 2 heterocycles. The average molecular weight is 357 g/mol. The topological polar surface area (TPSA) is 122 Å². The number of esters is 1. The highest BCUT2D eigenvalue weighted by Crippen LogP contribution is 2.25. The molecule has 2 aromatic heterocycles. The summed E-state index contributed by atoms with van der Waals surface area (Å²) < 4.78 is 16.2. The van der Waals surface area contributed by atoms with Gasteiger partial charge in [0.25, 0.3) is 11.6 Å². The van der Waals surface area contributed by atoms with Gasteiger partial charge in [0, 0.05) is 17.7 Å². The zero-order chi connectivity index (χ0) is 18.8. The Morgan fingerprint density at radius 3 is 2.46 bits per heavy atom. The van der Waals surface area contributed by atoms with Crippen LogP contribution in [-0.2, 0) is 4.74 Å². The van der Waals surface area contributed by atoms with Crippen LogP contribution in [-0.4, -0.2) is 21.1 Å². The minimum Gasteiger partial charge on any atom is -0.466 e. The summed E-state index contributed by atoms with van der Waals surface area (Å²) in [6.45, 7) is 5.02. The first kappa shape index (κ1) is 17.3. The second-order valence-electron chi connectivity index (χ2n) is 5.62. The Hall–Kier alpha value is -3.49. The van der Waals surface area contributed by atoms with Crippen molar-refractivity contribution in [2.45, 2.75) is 26.9 Å². The van der Waals surface area contributed by atoms with Crippen molar-refractivity contribution in [1.82, 2.24) is 10.2 Å². The molecule has 1 aromatic carbocycles. The average Bonchev–Trinajstić information content (AvgIpc) is 3.21. The molecule has 0 unspecified atom stereocenters. The summed E-state index contributed by atoms with van der Waals surface area (Å²) in [6, 6.07) is 7.28. The molecule has 0 bridgehead atoms. The highest BCUT2D eigenvalue weighted by atomic mass is 16.6. The van der Waals surface area contributed by atoms with Crippen molar-refractivity contribution < 1.29 is 23.3 Å². The lowest BCUT2D eigenvalue weighted by Crippen LogP contribution is -2.09. The van der Waals surface area contributed by atoms with Gasteiger partial charge in [-0.25, -0.2) is 4.79 Å². The van der Waals surface area contributed by atoms with Crippen LogP contribution in [0.15, 0.2) is 39.2 Å². The Morgan fingerprint density at radius 2 is 1.88 bits per heavy atom. The van der Waals surface area contributed by atoms with Gasteiger partial charge in [0.15, 0.2) is 6.10 Å². The Morgan fingerprint density at radius 1 is 1.19 bits per heavy atom. The van der Waals surface area contributed by atoms with Crippen molar-refractivity contribution in [3.8, 4) is 11.5 Å². The third kappa shape index (κ3) is 3.46. The van der Waals surface area contributed by atoms with E-state index in [1.807, 2.05) is 0 Å². The molecule has 3 rings (SSSR count). The van der Waals surface area contributed by atoms with E-state index >= 15 is 0 Å².